The first-order valence-electron chi connectivity index (χ1n) is 10.4. The molecule has 0 unspecified atom stereocenters. The number of thiophene rings is 1. The van der Waals surface area contributed by atoms with Crippen LogP contribution in [0.25, 0.3) is 0 Å². The molecule has 3 amide bonds. The minimum absolute atomic E-state index is 0.237. The highest BCUT2D eigenvalue weighted by Crippen LogP contribution is 2.40. The van der Waals surface area contributed by atoms with Crippen molar-refractivity contribution in [3.05, 3.63) is 51.4 Å². The van der Waals surface area contributed by atoms with Gasteiger partial charge in [0.25, 0.3) is 11.8 Å². The maximum atomic E-state index is 13.3. The Kier molecular flexibility index (Phi) is 5.66. The van der Waals surface area contributed by atoms with Crippen molar-refractivity contribution >= 4 is 40.0 Å². The number of esters is 1. The lowest BCUT2D eigenvalue weighted by Crippen LogP contribution is -2.50. The summed E-state index contributed by atoms with van der Waals surface area (Å²) in [6.07, 6.45) is 2.58. The predicted octanol–water partition coefficient (Wildman–Crippen LogP) is 3.67. The highest BCUT2D eigenvalue weighted by Gasteiger charge is 2.44. The van der Waals surface area contributed by atoms with E-state index in [4.69, 9.17) is 4.74 Å². The Balaban J connectivity index is 1.66. The van der Waals surface area contributed by atoms with E-state index in [0.717, 1.165) is 34.6 Å². The van der Waals surface area contributed by atoms with Crippen LogP contribution in [0.4, 0.5) is 5.00 Å². The Labute approximate surface area is 184 Å². The first kappa shape index (κ1) is 21.2. The summed E-state index contributed by atoms with van der Waals surface area (Å²) < 4.78 is 5.22. The molecule has 0 spiro atoms. The van der Waals surface area contributed by atoms with Crippen LogP contribution in [0.1, 0.15) is 68.7 Å². The third-order valence-electron chi connectivity index (χ3n) is 5.64. The fraction of sp³-hybridized carbons (Fsp3) is 0.391. The molecule has 1 aliphatic carbocycles. The molecule has 7 nitrogen and oxygen atoms in total. The molecule has 0 saturated carbocycles. The minimum Gasteiger partial charge on any atom is -0.462 e. The van der Waals surface area contributed by atoms with Crippen molar-refractivity contribution in [3.8, 4) is 0 Å². The molecule has 8 heteroatoms. The molecule has 4 rings (SSSR count). The van der Waals surface area contributed by atoms with Crippen LogP contribution in [0.2, 0.25) is 0 Å². The van der Waals surface area contributed by atoms with Gasteiger partial charge in [0.1, 0.15) is 11.0 Å². The van der Waals surface area contributed by atoms with Crippen molar-refractivity contribution in [3.63, 3.8) is 0 Å². The van der Waals surface area contributed by atoms with E-state index in [9.17, 15) is 19.2 Å². The van der Waals surface area contributed by atoms with E-state index in [-0.39, 0.29) is 12.5 Å². The standard InChI is InChI=1S/C23H24N2O5S/c1-4-30-23(29)17-15-10-7-11-16(15)31-20(17)24-19(26)18(12(2)3)25-21(27)13-8-5-6-9-14(13)22(25)28/h5-6,8-9,12,18H,4,7,10-11H2,1-3H3,(H,24,26)/t18-/m1/s1. The summed E-state index contributed by atoms with van der Waals surface area (Å²) in [7, 11) is 0. The van der Waals surface area contributed by atoms with Crippen LogP contribution >= 0.6 is 11.3 Å². The van der Waals surface area contributed by atoms with Gasteiger partial charge in [0.2, 0.25) is 5.91 Å². The highest BCUT2D eigenvalue weighted by molar-refractivity contribution is 7.17. The van der Waals surface area contributed by atoms with E-state index in [1.165, 1.54) is 11.3 Å². The van der Waals surface area contributed by atoms with Gasteiger partial charge in [-0.25, -0.2) is 4.79 Å². The van der Waals surface area contributed by atoms with Crippen LogP contribution in [-0.4, -0.2) is 41.2 Å². The number of amides is 3. The SMILES string of the molecule is CCOC(=O)c1c(NC(=O)[C@@H](C(C)C)N2C(=O)c3ccccc3C2=O)sc2c1CCC2. The average Bonchev–Trinajstić information content (AvgIpc) is 3.37. The maximum Gasteiger partial charge on any atom is 0.341 e. The van der Waals surface area contributed by atoms with Crippen molar-refractivity contribution in [2.45, 2.75) is 46.1 Å². The topological polar surface area (TPSA) is 92.8 Å². The predicted molar refractivity (Wildman–Crippen MR) is 116 cm³/mol. The minimum atomic E-state index is -1.00. The molecule has 0 fully saturated rings. The van der Waals surface area contributed by atoms with Crippen LogP contribution in [-0.2, 0) is 22.4 Å². The molecular formula is C23H24N2O5S. The molecule has 0 bridgehead atoms. The number of rotatable bonds is 6. The number of carbonyl (C=O) groups is 4. The second kappa shape index (κ2) is 8.26. The van der Waals surface area contributed by atoms with E-state index >= 15 is 0 Å². The third-order valence-corrected chi connectivity index (χ3v) is 6.85. The smallest absolute Gasteiger partial charge is 0.341 e. The maximum absolute atomic E-state index is 13.3. The molecule has 1 aromatic heterocycles. The summed E-state index contributed by atoms with van der Waals surface area (Å²) in [5, 5.41) is 3.26. The molecule has 162 valence electrons. The number of nitrogens with zero attached hydrogens (tertiary/aromatic N) is 1. The highest BCUT2D eigenvalue weighted by atomic mass is 32.1. The van der Waals surface area contributed by atoms with Crippen molar-refractivity contribution in [2.24, 2.45) is 5.92 Å². The lowest BCUT2D eigenvalue weighted by Gasteiger charge is -2.28. The van der Waals surface area contributed by atoms with Gasteiger partial charge in [-0.1, -0.05) is 26.0 Å². The molecule has 1 aliphatic heterocycles. The number of nitrogens with one attached hydrogen (secondary N) is 1. The number of carbonyl (C=O) groups excluding carboxylic acids is 4. The van der Waals surface area contributed by atoms with Gasteiger partial charge >= 0.3 is 5.97 Å². The molecule has 1 aromatic carbocycles. The van der Waals surface area contributed by atoms with E-state index < -0.39 is 29.7 Å². The van der Waals surface area contributed by atoms with Crippen LogP contribution in [0.3, 0.4) is 0 Å². The Bertz CT molecular complexity index is 1050. The van der Waals surface area contributed by atoms with Gasteiger partial charge in [0.15, 0.2) is 0 Å². The summed E-state index contributed by atoms with van der Waals surface area (Å²) in [6, 6.07) is 5.56. The molecule has 0 saturated heterocycles. The van der Waals surface area contributed by atoms with Gasteiger partial charge in [0.05, 0.1) is 23.3 Å². The van der Waals surface area contributed by atoms with Crippen molar-refractivity contribution in [1.29, 1.82) is 0 Å². The second-order valence-electron chi connectivity index (χ2n) is 7.99. The molecule has 1 atom stereocenters. The fourth-order valence-corrected chi connectivity index (χ4v) is 5.56. The first-order valence-corrected chi connectivity index (χ1v) is 11.3. The van der Waals surface area contributed by atoms with E-state index in [1.807, 2.05) is 0 Å². The number of benzene rings is 1. The quantitative estimate of drug-likeness (QED) is 0.546. The van der Waals surface area contributed by atoms with Gasteiger partial charge in [0, 0.05) is 4.88 Å². The molecule has 2 heterocycles. The number of hydrogen-bond acceptors (Lipinski definition) is 6. The molecule has 2 aromatic rings. The number of imide groups is 1. The zero-order chi connectivity index (χ0) is 22.3. The summed E-state index contributed by atoms with van der Waals surface area (Å²) in [5.74, 6) is -2.23. The number of anilines is 1. The van der Waals surface area contributed by atoms with Gasteiger partial charge in [-0.05, 0) is 49.8 Å². The van der Waals surface area contributed by atoms with Crippen LogP contribution in [0.15, 0.2) is 24.3 Å². The van der Waals surface area contributed by atoms with E-state index in [0.29, 0.717) is 21.7 Å². The Morgan fingerprint density at radius 3 is 2.35 bits per heavy atom. The second-order valence-corrected chi connectivity index (χ2v) is 9.09. The molecule has 1 N–H and O–H groups in total. The average molecular weight is 441 g/mol. The first-order chi connectivity index (χ1) is 14.8. The Morgan fingerprint density at radius 2 is 1.77 bits per heavy atom. The van der Waals surface area contributed by atoms with Crippen molar-refractivity contribution in [2.75, 3.05) is 11.9 Å². The van der Waals surface area contributed by atoms with Crippen LogP contribution < -0.4 is 5.32 Å². The van der Waals surface area contributed by atoms with E-state index in [1.54, 1.807) is 45.0 Å². The lowest BCUT2D eigenvalue weighted by molar-refractivity contribution is -0.121. The molecule has 0 radical (unpaired) electrons. The fourth-order valence-electron chi connectivity index (χ4n) is 4.28. The Morgan fingerprint density at radius 1 is 1.13 bits per heavy atom. The van der Waals surface area contributed by atoms with Gasteiger partial charge in [-0.3, -0.25) is 19.3 Å². The zero-order valence-electron chi connectivity index (χ0n) is 17.7. The number of aryl methyl sites for hydroxylation is 1. The molecule has 31 heavy (non-hydrogen) atoms. The number of hydrogen-bond donors (Lipinski definition) is 1. The third kappa shape index (κ3) is 3.54. The summed E-state index contributed by atoms with van der Waals surface area (Å²) in [6.45, 7) is 5.54. The summed E-state index contributed by atoms with van der Waals surface area (Å²) in [4.78, 5) is 53.9. The van der Waals surface area contributed by atoms with Gasteiger partial charge < -0.3 is 10.1 Å². The number of fused-ring (bicyclic) bond motifs is 2. The van der Waals surface area contributed by atoms with Crippen molar-refractivity contribution < 1.29 is 23.9 Å². The Hall–Kier alpha value is -3.00. The van der Waals surface area contributed by atoms with Crippen LogP contribution in [0, 0.1) is 5.92 Å². The summed E-state index contributed by atoms with van der Waals surface area (Å²) in [5.41, 5.74) is 1.93. The largest absolute Gasteiger partial charge is 0.462 e. The monoisotopic (exact) mass is 440 g/mol. The summed E-state index contributed by atoms with van der Waals surface area (Å²) >= 11 is 1.37. The normalized spacial score (nSPS) is 15.8. The van der Waals surface area contributed by atoms with Crippen LogP contribution in [0.5, 0.6) is 0 Å². The van der Waals surface area contributed by atoms with Gasteiger partial charge in [-0.15, -0.1) is 11.3 Å². The molecular weight excluding hydrogens is 416 g/mol. The van der Waals surface area contributed by atoms with E-state index in [2.05, 4.69) is 5.32 Å². The van der Waals surface area contributed by atoms with Crippen molar-refractivity contribution in [1.82, 2.24) is 4.90 Å². The lowest BCUT2D eigenvalue weighted by atomic mass is 10.0. The zero-order valence-corrected chi connectivity index (χ0v) is 18.5. The molecule has 2 aliphatic rings. The van der Waals surface area contributed by atoms with Gasteiger partial charge in [-0.2, -0.15) is 0 Å². The number of ether oxygens (including phenoxy) is 1.